The van der Waals surface area contributed by atoms with Crippen molar-refractivity contribution in [2.45, 2.75) is 26.4 Å². The summed E-state index contributed by atoms with van der Waals surface area (Å²) in [4.78, 5) is 15.3. The second kappa shape index (κ2) is 6.09. The van der Waals surface area contributed by atoms with E-state index in [0.29, 0.717) is 24.7 Å². The Morgan fingerprint density at radius 2 is 2.17 bits per heavy atom. The molecule has 6 heteroatoms. The third-order valence-corrected chi connectivity index (χ3v) is 1.78. The number of hydrogen-bond acceptors (Lipinski definition) is 5. The Kier molecular flexibility index (Phi) is 4.76. The van der Waals surface area contributed by atoms with Gasteiger partial charge in [0.2, 0.25) is 5.88 Å². The number of nitrogen functional groups attached to an aromatic ring is 1. The number of amides is 1. The van der Waals surface area contributed by atoms with Crippen LogP contribution in [0.3, 0.4) is 0 Å². The second-order valence-electron chi connectivity index (χ2n) is 4.71. The van der Waals surface area contributed by atoms with Crippen LogP contribution in [0.1, 0.15) is 20.8 Å². The number of anilines is 1. The highest BCUT2D eigenvalue weighted by Gasteiger charge is 2.15. The molecular formula is C12H19N3O3. The van der Waals surface area contributed by atoms with Crippen LogP contribution in [0.5, 0.6) is 5.88 Å². The average Bonchev–Trinajstić information content (AvgIpc) is 2.24. The number of carbonyl (C=O) groups excluding carboxylic acids is 1. The van der Waals surface area contributed by atoms with E-state index in [0.717, 1.165) is 0 Å². The van der Waals surface area contributed by atoms with Gasteiger partial charge in [-0.1, -0.05) is 0 Å². The highest BCUT2D eigenvalue weighted by Crippen LogP contribution is 2.08. The molecule has 1 aromatic heterocycles. The molecular weight excluding hydrogens is 234 g/mol. The van der Waals surface area contributed by atoms with Gasteiger partial charge in [-0.15, -0.1) is 0 Å². The Hall–Kier alpha value is -1.98. The molecule has 0 unspecified atom stereocenters. The van der Waals surface area contributed by atoms with Crippen molar-refractivity contribution in [2.24, 2.45) is 0 Å². The second-order valence-corrected chi connectivity index (χ2v) is 4.71. The van der Waals surface area contributed by atoms with E-state index in [1.807, 2.05) is 0 Å². The summed E-state index contributed by atoms with van der Waals surface area (Å²) in [5.41, 5.74) is 5.57. The van der Waals surface area contributed by atoms with Crippen molar-refractivity contribution in [1.82, 2.24) is 10.3 Å². The molecule has 1 amide bonds. The monoisotopic (exact) mass is 253 g/mol. The molecule has 0 spiro atoms. The van der Waals surface area contributed by atoms with Crippen LogP contribution in [0.2, 0.25) is 0 Å². The van der Waals surface area contributed by atoms with E-state index in [4.69, 9.17) is 15.2 Å². The zero-order valence-electron chi connectivity index (χ0n) is 10.9. The number of hydrogen-bond donors (Lipinski definition) is 2. The summed E-state index contributed by atoms with van der Waals surface area (Å²) in [6.07, 6.45) is 1.05. The van der Waals surface area contributed by atoms with Crippen molar-refractivity contribution in [3.8, 4) is 5.88 Å². The quantitative estimate of drug-likeness (QED) is 0.795. The molecule has 3 N–H and O–H groups in total. The summed E-state index contributed by atoms with van der Waals surface area (Å²) in [7, 11) is 0. The first-order valence-corrected chi connectivity index (χ1v) is 5.68. The number of nitrogens with zero attached hydrogens (tertiary/aromatic N) is 1. The lowest BCUT2D eigenvalue weighted by Crippen LogP contribution is -2.34. The van der Waals surface area contributed by atoms with Crippen molar-refractivity contribution < 1.29 is 14.3 Å². The molecule has 0 aliphatic carbocycles. The van der Waals surface area contributed by atoms with E-state index in [-0.39, 0.29) is 0 Å². The largest absolute Gasteiger partial charge is 0.476 e. The molecule has 100 valence electrons. The third-order valence-electron chi connectivity index (χ3n) is 1.78. The van der Waals surface area contributed by atoms with E-state index >= 15 is 0 Å². The van der Waals surface area contributed by atoms with Crippen LogP contribution in [0.15, 0.2) is 18.3 Å². The molecule has 18 heavy (non-hydrogen) atoms. The van der Waals surface area contributed by atoms with Crippen molar-refractivity contribution in [3.63, 3.8) is 0 Å². The number of rotatable bonds is 4. The molecule has 0 saturated carbocycles. The molecule has 0 bridgehead atoms. The highest BCUT2D eigenvalue weighted by molar-refractivity contribution is 5.67. The predicted octanol–water partition coefficient (Wildman–Crippen LogP) is 1.57. The van der Waals surface area contributed by atoms with E-state index < -0.39 is 11.7 Å². The normalized spacial score (nSPS) is 10.8. The van der Waals surface area contributed by atoms with Crippen LogP contribution in [0, 0.1) is 0 Å². The summed E-state index contributed by atoms with van der Waals surface area (Å²) >= 11 is 0. The fourth-order valence-electron chi connectivity index (χ4n) is 1.10. The fraction of sp³-hybridized carbons (Fsp3) is 0.500. The minimum atomic E-state index is -0.497. The van der Waals surface area contributed by atoms with Gasteiger partial charge in [0.25, 0.3) is 0 Å². The number of aromatic nitrogens is 1. The molecule has 0 saturated heterocycles. The number of nitrogens with two attached hydrogens (primary N) is 1. The van der Waals surface area contributed by atoms with Gasteiger partial charge < -0.3 is 20.5 Å². The van der Waals surface area contributed by atoms with Gasteiger partial charge in [0.05, 0.1) is 18.4 Å². The van der Waals surface area contributed by atoms with Crippen molar-refractivity contribution >= 4 is 11.8 Å². The lowest BCUT2D eigenvalue weighted by atomic mass is 10.2. The Morgan fingerprint density at radius 3 is 2.72 bits per heavy atom. The van der Waals surface area contributed by atoms with Gasteiger partial charge >= 0.3 is 6.09 Å². The number of alkyl carbamates (subject to hydrolysis) is 1. The Balaban J connectivity index is 2.19. The van der Waals surface area contributed by atoms with E-state index in [1.54, 1.807) is 32.9 Å². The van der Waals surface area contributed by atoms with Crippen LogP contribution in [-0.2, 0) is 4.74 Å². The Labute approximate surface area is 106 Å². The fourth-order valence-corrected chi connectivity index (χ4v) is 1.10. The first kappa shape index (κ1) is 14.1. The van der Waals surface area contributed by atoms with Gasteiger partial charge in [-0.25, -0.2) is 9.78 Å². The predicted molar refractivity (Wildman–Crippen MR) is 68.4 cm³/mol. The number of nitrogens with one attached hydrogen (secondary N) is 1. The number of carbonyl (C=O) groups is 1. The average molecular weight is 253 g/mol. The van der Waals surface area contributed by atoms with E-state index in [9.17, 15) is 4.79 Å². The molecule has 0 aromatic carbocycles. The standard InChI is InChI=1S/C12H19N3O3/c1-12(2,3)18-11(16)14-6-7-17-10-5-4-9(13)8-15-10/h4-5,8H,6-7,13H2,1-3H3,(H,14,16). The van der Waals surface area contributed by atoms with Crippen LogP contribution in [0.4, 0.5) is 10.5 Å². The van der Waals surface area contributed by atoms with Crippen molar-refractivity contribution in [3.05, 3.63) is 18.3 Å². The van der Waals surface area contributed by atoms with Gasteiger partial charge in [0, 0.05) is 6.07 Å². The zero-order chi connectivity index (χ0) is 13.6. The van der Waals surface area contributed by atoms with E-state index in [1.165, 1.54) is 6.20 Å². The molecule has 0 atom stereocenters. The van der Waals surface area contributed by atoms with Gasteiger partial charge in [0.1, 0.15) is 12.2 Å². The van der Waals surface area contributed by atoms with Crippen LogP contribution < -0.4 is 15.8 Å². The number of ether oxygens (including phenoxy) is 2. The maximum absolute atomic E-state index is 11.3. The molecule has 0 aliphatic rings. The molecule has 1 aromatic rings. The van der Waals surface area contributed by atoms with Crippen LogP contribution in [-0.4, -0.2) is 29.8 Å². The van der Waals surface area contributed by atoms with Gasteiger partial charge in [-0.3, -0.25) is 0 Å². The first-order chi connectivity index (χ1) is 8.37. The molecule has 0 radical (unpaired) electrons. The van der Waals surface area contributed by atoms with Gasteiger partial charge in [-0.2, -0.15) is 0 Å². The minimum Gasteiger partial charge on any atom is -0.476 e. The molecule has 0 fully saturated rings. The molecule has 1 heterocycles. The molecule has 1 rings (SSSR count). The van der Waals surface area contributed by atoms with Gasteiger partial charge in [-0.05, 0) is 26.8 Å². The van der Waals surface area contributed by atoms with Crippen molar-refractivity contribution in [1.29, 1.82) is 0 Å². The minimum absolute atomic E-state index is 0.316. The maximum atomic E-state index is 11.3. The topological polar surface area (TPSA) is 86.5 Å². The van der Waals surface area contributed by atoms with Gasteiger partial charge in [0.15, 0.2) is 0 Å². The van der Waals surface area contributed by atoms with Crippen LogP contribution in [0.25, 0.3) is 0 Å². The summed E-state index contributed by atoms with van der Waals surface area (Å²) in [6, 6.07) is 3.37. The molecule has 6 nitrogen and oxygen atoms in total. The summed E-state index contributed by atoms with van der Waals surface area (Å²) in [5, 5.41) is 2.58. The smallest absolute Gasteiger partial charge is 0.407 e. The molecule has 0 aliphatic heterocycles. The maximum Gasteiger partial charge on any atom is 0.407 e. The number of pyridine rings is 1. The summed E-state index contributed by atoms with van der Waals surface area (Å²) in [6.45, 7) is 6.08. The summed E-state index contributed by atoms with van der Waals surface area (Å²) < 4.78 is 10.4. The zero-order valence-corrected chi connectivity index (χ0v) is 10.9. The SMILES string of the molecule is CC(C)(C)OC(=O)NCCOc1ccc(N)cn1. The lowest BCUT2D eigenvalue weighted by Gasteiger charge is -2.19. The Bertz CT molecular complexity index is 385. The van der Waals surface area contributed by atoms with E-state index in [2.05, 4.69) is 10.3 Å². The first-order valence-electron chi connectivity index (χ1n) is 5.68. The van der Waals surface area contributed by atoms with Crippen molar-refractivity contribution in [2.75, 3.05) is 18.9 Å². The lowest BCUT2D eigenvalue weighted by molar-refractivity contribution is 0.0520. The third kappa shape index (κ3) is 5.93. The Morgan fingerprint density at radius 1 is 1.44 bits per heavy atom. The summed E-state index contributed by atoms with van der Waals surface area (Å²) in [5.74, 6) is 0.468. The van der Waals surface area contributed by atoms with Crippen LogP contribution >= 0.6 is 0 Å². The highest BCUT2D eigenvalue weighted by atomic mass is 16.6.